The largest absolute Gasteiger partial charge is 0.394 e. The van der Waals surface area contributed by atoms with E-state index in [1.54, 1.807) is 0 Å². The lowest BCUT2D eigenvalue weighted by atomic mass is 9.84. The number of aliphatic hydroxyl groups is 6. The molecule has 14 N–H and O–H groups in total. The smallest absolute Gasteiger partial charge is 0.219 e. The Kier molecular flexibility index (Phi) is 7.88. The molecule has 1 aliphatic carbocycles. The highest BCUT2D eigenvalue weighted by Gasteiger charge is 2.55. The van der Waals surface area contributed by atoms with Crippen molar-refractivity contribution in [2.45, 2.75) is 85.5 Å². The van der Waals surface area contributed by atoms with Gasteiger partial charge in [0.25, 0.3) is 0 Å². The summed E-state index contributed by atoms with van der Waals surface area (Å²) < 4.78 is 22.0. The standard InChI is InChI=1S/C17H34N4O10/c18-2-7-15(26)17(27,4-28-7)31-14-9(21)16(29-8(3-22)11(14)24)30-13-6(20)1-5(19)10(23)12(13)25/h5-16,22-27H,1-4,18-21H2/t5-,6?,7-,8?,9?,10?,11-,12?,13-,14?,15?,16-,17-/m1/s1. The van der Waals surface area contributed by atoms with Gasteiger partial charge in [0.2, 0.25) is 5.79 Å². The van der Waals surface area contributed by atoms with Gasteiger partial charge in [-0.05, 0) is 6.42 Å². The average molecular weight is 454 g/mol. The summed E-state index contributed by atoms with van der Waals surface area (Å²) in [5, 5.41) is 61.5. The molecule has 2 aliphatic heterocycles. The molecule has 7 unspecified atom stereocenters. The number of hydrogen-bond acceptors (Lipinski definition) is 14. The van der Waals surface area contributed by atoms with Crippen LogP contribution in [0.5, 0.6) is 0 Å². The summed E-state index contributed by atoms with van der Waals surface area (Å²) >= 11 is 0. The van der Waals surface area contributed by atoms with Gasteiger partial charge in [-0.15, -0.1) is 0 Å². The lowest BCUT2D eigenvalue weighted by Crippen LogP contribution is -2.69. The third-order valence-electron chi connectivity index (χ3n) is 6.17. The minimum absolute atomic E-state index is 0.0812. The van der Waals surface area contributed by atoms with Crippen molar-refractivity contribution in [3.05, 3.63) is 0 Å². The molecular weight excluding hydrogens is 420 g/mol. The van der Waals surface area contributed by atoms with Crippen LogP contribution >= 0.6 is 0 Å². The molecule has 2 heterocycles. The van der Waals surface area contributed by atoms with Crippen molar-refractivity contribution in [1.82, 2.24) is 0 Å². The van der Waals surface area contributed by atoms with Gasteiger partial charge >= 0.3 is 0 Å². The third kappa shape index (κ3) is 4.73. The molecule has 14 heteroatoms. The number of rotatable bonds is 6. The molecule has 3 fully saturated rings. The van der Waals surface area contributed by atoms with E-state index in [4.69, 9.17) is 41.9 Å². The molecule has 14 nitrogen and oxygen atoms in total. The molecule has 1 saturated carbocycles. The highest BCUT2D eigenvalue weighted by Crippen LogP contribution is 2.33. The van der Waals surface area contributed by atoms with Crippen molar-refractivity contribution < 1.29 is 49.6 Å². The molecule has 2 saturated heterocycles. The van der Waals surface area contributed by atoms with E-state index < -0.39 is 92.2 Å². The van der Waals surface area contributed by atoms with E-state index in [1.165, 1.54) is 0 Å². The van der Waals surface area contributed by atoms with Crippen LogP contribution in [0.4, 0.5) is 0 Å². The zero-order chi connectivity index (χ0) is 23.1. The first-order valence-corrected chi connectivity index (χ1v) is 10.2. The molecular formula is C17H34N4O10. The van der Waals surface area contributed by atoms with Gasteiger partial charge < -0.3 is 72.5 Å². The molecule has 0 spiro atoms. The van der Waals surface area contributed by atoms with Crippen LogP contribution in [0.25, 0.3) is 0 Å². The van der Waals surface area contributed by atoms with Crippen molar-refractivity contribution in [1.29, 1.82) is 0 Å². The zero-order valence-electron chi connectivity index (χ0n) is 16.9. The van der Waals surface area contributed by atoms with E-state index in [-0.39, 0.29) is 13.0 Å². The second-order valence-corrected chi connectivity index (χ2v) is 8.40. The minimum Gasteiger partial charge on any atom is -0.394 e. The first-order chi connectivity index (χ1) is 14.5. The maximum atomic E-state index is 10.7. The van der Waals surface area contributed by atoms with Gasteiger partial charge in [-0.25, -0.2) is 0 Å². The van der Waals surface area contributed by atoms with E-state index >= 15 is 0 Å². The summed E-state index contributed by atoms with van der Waals surface area (Å²) in [7, 11) is 0. The fourth-order valence-corrected chi connectivity index (χ4v) is 4.21. The van der Waals surface area contributed by atoms with Crippen LogP contribution in [-0.2, 0) is 18.9 Å². The van der Waals surface area contributed by atoms with E-state index in [1.807, 2.05) is 0 Å². The van der Waals surface area contributed by atoms with Crippen molar-refractivity contribution in [3.8, 4) is 0 Å². The highest BCUT2D eigenvalue weighted by atomic mass is 16.7. The third-order valence-corrected chi connectivity index (χ3v) is 6.17. The Bertz CT molecular complexity index is 607. The monoisotopic (exact) mass is 454 g/mol. The Morgan fingerprint density at radius 1 is 0.935 bits per heavy atom. The van der Waals surface area contributed by atoms with Crippen molar-refractivity contribution in [3.63, 3.8) is 0 Å². The summed E-state index contributed by atoms with van der Waals surface area (Å²) in [5.41, 5.74) is 23.4. The molecule has 0 aromatic heterocycles. The Hall–Kier alpha value is -0.560. The molecule has 0 radical (unpaired) electrons. The lowest BCUT2D eigenvalue weighted by Gasteiger charge is -2.47. The van der Waals surface area contributed by atoms with E-state index in [0.29, 0.717) is 0 Å². The van der Waals surface area contributed by atoms with E-state index in [0.717, 1.165) is 0 Å². The highest BCUT2D eigenvalue weighted by molar-refractivity contribution is 5.01. The van der Waals surface area contributed by atoms with Crippen LogP contribution in [0.3, 0.4) is 0 Å². The van der Waals surface area contributed by atoms with E-state index in [2.05, 4.69) is 0 Å². The number of ether oxygens (including phenoxy) is 4. The number of nitrogens with two attached hydrogens (primary N) is 4. The Morgan fingerprint density at radius 3 is 2.19 bits per heavy atom. The van der Waals surface area contributed by atoms with Gasteiger partial charge in [-0.2, -0.15) is 0 Å². The predicted molar refractivity (Wildman–Crippen MR) is 102 cm³/mol. The average Bonchev–Trinajstić information content (AvgIpc) is 3.02. The maximum absolute atomic E-state index is 10.7. The first-order valence-electron chi connectivity index (χ1n) is 10.2. The lowest BCUT2D eigenvalue weighted by molar-refractivity contribution is -0.338. The fourth-order valence-electron chi connectivity index (χ4n) is 4.21. The fraction of sp³-hybridized carbons (Fsp3) is 1.00. The van der Waals surface area contributed by atoms with Gasteiger partial charge in [-0.3, -0.25) is 0 Å². The van der Waals surface area contributed by atoms with Gasteiger partial charge in [0.1, 0.15) is 49.3 Å². The van der Waals surface area contributed by atoms with Gasteiger partial charge in [0, 0.05) is 18.6 Å². The Balaban J connectivity index is 1.77. The molecule has 0 amide bonds. The summed E-state index contributed by atoms with van der Waals surface area (Å²) in [5.74, 6) is -2.22. The topological polar surface area (TPSA) is 262 Å². The summed E-state index contributed by atoms with van der Waals surface area (Å²) in [6, 6.07) is -2.76. The molecule has 0 bridgehead atoms. The van der Waals surface area contributed by atoms with Crippen LogP contribution in [0.15, 0.2) is 0 Å². The minimum atomic E-state index is -2.22. The first kappa shape index (κ1) is 25.1. The predicted octanol–water partition coefficient (Wildman–Crippen LogP) is -6.65. The van der Waals surface area contributed by atoms with Crippen LogP contribution in [0, 0.1) is 0 Å². The zero-order valence-corrected chi connectivity index (χ0v) is 16.9. The number of hydrogen-bond donors (Lipinski definition) is 10. The Labute approximate surface area is 178 Å². The van der Waals surface area contributed by atoms with Crippen molar-refractivity contribution in [2.75, 3.05) is 19.8 Å². The number of aliphatic hydroxyl groups excluding tert-OH is 5. The molecule has 182 valence electrons. The molecule has 0 aromatic carbocycles. The van der Waals surface area contributed by atoms with E-state index in [9.17, 15) is 30.6 Å². The normalized spacial score (nSPS) is 53.6. The second kappa shape index (κ2) is 9.74. The summed E-state index contributed by atoms with van der Waals surface area (Å²) in [4.78, 5) is 0. The summed E-state index contributed by atoms with van der Waals surface area (Å²) in [6.07, 6.45) is -11.6. The SMILES string of the molecule is NC[C@H]1OC[C@@](O)(OC2C(N)[C@@H](O[C@@H]3C(N)C[C@@H](N)C(O)C3O)OC(CO)[C@H]2O)C1O. The van der Waals surface area contributed by atoms with Crippen molar-refractivity contribution >= 4 is 0 Å². The van der Waals surface area contributed by atoms with Gasteiger partial charge in [0.15, 0.2) is 6.29 Å². The summed E-state index contributed by atoms with van der Waals surface area (Å²) in [6.45, 7) is -1.16. The van der Waals surface area contributed by atoms with Crippen LogP contribution < -0.4 is 22.9 Å². The van der Waals surface area contributed by atoms with Crippen LogP contribution in [0.2, 0.25) is 0 Å². The molecule has 0 aromatic rings. The van der Waals surface area contributed by atoms with Gasteiger partial charge in [-0.1, -0.05) is 0 Å². The molecule has 31 heavy (non-hydrogen) atoms. The Morgan fingerprint density at radius 2 is 1.61 bits per heavy atom. The van der Waals surface area contributed by atoms with Crippen LogP contribution in [0.1, 0.15) is 6.42 Å². The maximum Gasteiger partial charge on any atom is 0.219 e. The molecule has 3 rings (SSSR count). The molecule has 3 aliphatic rings. The van der Waals surface area contributed by atoms with Gasteiger partial charge in [0.05, 0.1) is 18.8 Å². The van der Waals surface area contributed by atoms with Crippen molar-refractivity contribution in [2.24, 2.45) is 22.9 Å². The quantitative estimate of drug-likeness (QED) is 0.167. The second-order valence-electron chi connectivity index (χ2n) is 8.40. The molecule has 13 atom stereocenters. The van der Waals surface area contributed by atoms with Crippen LogP contribution in [-0.4, -0.2) is 129 Å².